The van der Waals surface area contributed by atoms with Crippen LogP contribution in [0, 0.1) is 126 Å². The van der Waals surface area contributed by atoms with Gasteiger partial charge in [0, 0.05) is 68.0 Å². The molecule has 92 heavy (non-hydrogen) atoms. The van der Waals surface area contributed by atoms with Crippen LogP contribution in [0.3, 0.4) is 0 Å². The molecule has 2 aliphatic heterocycles. The van der Waals surface area contributed by atoms with Crippen molar-refractivity contribution in [2.24, 2.45) is 0 Å². The second-order valence-electron chi connectivity index (χ2n) is 23.8. The third-order valence-corrected chi connectivity index (χ3v) is 18.2. The number of hydrogen-bond donors (Lipinski definition) is 2. The minimum absolute atomic E-state index is 0.850. The second-order valence-corrected chi connectivity index (χ2v) is 23.8. The van der Waals surface area contributed by atoms with Gasteiger partial charge in [0.05, 0.1) is 22.8 Å². The van der Waals surface area contributed by atoms with Crippen LogP contribution in [0.2, 0.25) is 0 Å². The van der Waals surface area contributed by atoms with Crippen molar-refractivity contribution in [2.45, 2.75) is 0 Å². The molecule has 11 aromatic rings. The Kier molecular flexibility index (Phi) is 15.0. The first-order valence-electron chi connectivity index (χ1n) is 31.4. The molecule has 20 radical (unpaired) electrons. The number of fused-ring (bicyclic) bond motifs is 8. The topological polar surface area (TPSA) is 57.4 Å². The third-order valence-electron chi connectivity index (χ3n) is 18.2. The van der Waals surface area contributed by atoms with Gasteiger partial charge in [-0.25, -0.2) is 9.97 Å². The summed E-state index contributed by atoms with van der Waals surface area (Å²) < 4.78 is 0. The molecule has 0 amide bonds. The minimum atomic E-state index is 0.850. The summed E-state index contributed by atoms with van der Waals surface area (Å²) in [6, 6.07) is 80.0. The molecule has 4 nitrogen and oxygen atoms in total. The molecule has 5 heterocycles. The summed E-state index contributed by atoms with van der Waals surface area (Å²) >= 11 is 0. The van der Waals surface area contributed by atoms with Crippen LogP contribution in [0.4, 0.5) is 0 Å². The van der Waals surface area contributed by atoms with Crippen LogP contribution in [0.15, 0.2) is 218 Å². The molecule has 8 bridgehead atoms. The van der Waals surface area contributed by atoms with Crippen LogP contribution >= 0.6 is 0 Å². The Morgan fingerprint density at radius 3 is 0.707 bits per heavy atom. The third kappa shape index (κ3) is 11.0. The maximum absolute atomic E-state index is 5.76. The van der Waals surface area contributed by atoms with Gasteiger partial charge in [0.1, 0.15) is 0 Å². The van der Waals surface area contributed by atoms with Crippen LogP contribution in [-0.4, -0.2) is 19.9 Å². The van der Waals surface area contributed by atoms with Crippen LogP contribution in [0.25, 0.3) is 135 Å². The van der Waals surface area contributed by atoms with E-state index in [1.165, 1.54) is 45.9 Å². The molecule has 0 atom stereocenters. The molecular weight excluding hydrogens is 1110 g/mol. The SMILES string of the molecule is [CH]1[CH][CH][C](c2ccc(-c3cccc(-c4c5nc(c(-c6cccc(-c7cccc([C]8[CH][CH][CH][CH]8)c7)c6)c6ccc([nH]6)c(-c6ccc(-c7cccc([C]8[CH][CH][CH][CH]8)c7)cc6)c6nc(c(-c7ccc(-c8cccc([C]9[CH][CH][CH][CH]9)c8)cc7)c7ccc4[nH]7)C=C6)C=C5)c3)cc2)[CH]1. The van der Waals surface area contributed by atoms with Crippen molar-refractivity contribution >= 4 is 46.4 Å². The number of rotatable bonds is 12. The van der Waals surface area contributed by atoms with Crippen LogP contribution in [0.5, 0.6) is 0 Å². The fourth-order valence-corrected chi connectivity index (χ4v) is 13.5. The van der Waals surface area contributed by atoms with Crippen molar-refractivity contribution in [3.05, 3.63) is 390 Å². The van der Waals surface area contributed by atoms with Gasteiger partial charge >= 0.3 is 0 Å². The molecule has 17 rings (SSSR count). The first kappa shape index (κ1) is 56.4. The summed E-state index contributed by atoms with van der Waals surface area (Å²) in [5.41, 5.74) is 29.2. The Labute approximate surface area is 542 Å². The maximum Gasteiger partial charge on any atom is 0.0737 e. The average Bonchev–Trinajstić information content (AvgIpc) is 1.64. The molecule has 3 aromatic heterocycles. The van der Waals surface area contributed by atoms with E-state index in [0.29, 0.717) is 0 Å². The Morgan fingerprint density at radius 2 is 0.402 bits per heavy atom. The van der Waals surface area contributed by atoms with Gasteiger partial charge in [-0.15, -0.1) is 0 Å². The lowest BCUT2D eigenvalue weighted by Gasteiger charge is -2.12. The van der Waals surface area contributed by atoms with Crippen molar-refractivity contribution in [1.82, 2.24) is 19.9 Å². The normalized spacial score (nSPS) is 16.2. The number of H-pyrrole nitrogens is 2. The van der Waals surface area contributed by atoms with E-state index in [0.717, 1.165) is 134 Å². The summed E-state index contributed by atoms with van der Waals surface area (Å²) in [6.07, 6.45) is 42.8. The molecular formula is C88H58N4. The highest BCUT2D eigenvalue weighted by molar-refractivity contribution is 6.01. The van der Waals surface area contributed by atoms with Gasteiger partial charge in [0.15, 0.2) is 0 Å². The Hall–Kier alpha value is -9.64. The first-order valence-corrected chi connectivity index (χ1v) is 31.4. The molecule has 4 heteroatoms. The number of benzene rings is 8. The lowest BCUT2D eigenvalue weighted by atomic mass is 9.92. The number of nitrogens with one attached hydrogen (secondary N) is 2. The van der Waals surface area contributed by atoms with Crippen molar-refractivity contribution in [3.8, 4) is 89.0 Å². The zero-order chi connectivity index (χ0) is 60.9. The van der Waals surface area contributed by atoms with E-state index in [1.807, 2.05) is 0 Å². The molecule has 0 unspecified atom stereocenters. The molecule has 0 saturated heterocycles. The summed E-state index contributed by atoms with van der Waals surface area (Å²) in [5, 5.41) is 0. The van der Waals surface area contributed by atoms with Gasteiger partial charge in [-0.2, -0.15) is 0 Å². The zero-order valence-electron chi connectivity index (χ0n) is 50.2. The molecule has 0 spiro atoms. The molecule has 4 aliphatic carbocycles. The highest BCUT2D eigenvalue weighted by Gasteiger charge is 2.25. The second kappa shape index (κ2) is 24.5. The smallest absolute Gasteiger partial charge is 0.0737 e. The van der Waals surface area contributed by atoms with Gasteiger partial charge in [-0.3, -0.25) is 0 Å². The Bertz CT molecular complexity index is 4810. The number of nitrogens with zero attached hydrogens (tertiary/aromatic N) is 2. The number of aromatic nitrogens is 4. The quantitative estimate of drug-likeness (QED) is 0.128. The van der Waals surface area contributed by atoms with E-state index >= 15 is 0 Å². The molecule has 2 N–H and O–H groups in total. The van der Waals surface area contributed by atoms with Crippen LogP contribution in [0.1, 0.15) is 45.0 Å². The van der Waals surface area contributed by atoms with Crippen molar-refractivity contribution in [2.75, 3.05) is 0 Å². The highest BCUT2D eigenvalue weighted by atomic mass is 14.8. The van der Waals surface area contributed by atoms with Gasteiger partial charge in [-0.05, 0) is 252 Å². The van der Waals surface area contributed by atoms with Gasteiger partial charge in [0.25, 0.3) is 0 Å². The van der Waals surface area contributed by atoms with Gasteiger partial charge in [-0.1, -0.05) is 182 Å². The first-order chi connectivity index (χ1) is 45.5. The largest absolute Gasteiger partial charge is 0.354 e. The van der Waals surface area contributed by atoms with Gasteiger partial charge < -0.3 is 9.97 Å². The number of aromatic amines is 2. The van der Waals surface area contributed by atoms with E-state index in [1.54, 1.807) is 0 Å². The summed E-state index contributed by atoms with van der Waals surface area (Å²) in [6.45, 7) is 0. The van der Waals surface area contributed by atoms with E-state index in [-0.39, 0.29) is 0 Å². The van der Waals surface area contributed by atoms with E-state index in [4.69, 9.17) is 9.97 Å². The van der Waals surface area contributed by atoms with Crippen molar-refractivity contribution in [1.29, 1.82) is 0 Å². The molecule has 430 valence electrons. The fraction of sp³-hybridized carbons (Fsp3) is 0. The van der Waals surface area contributed by atoms with E-state index in [2.05, 4.69) is 355 Å². The van der Waals surface area contributed by atoms with Crippen LogP contribution in [-0.2, 0) is 0 Å². The molecule has 4 saturated carbocycles. The Morgan fingerprint density at radius 1 is 0.185 bits per heavy atom. The highest BCUT2D eigenvalue weighted by Crippen LogP contribution is 2.43. The summed E-state index contributed by atoms with van der Waals surface area (Å²) in [5.74, 6) is 4.83. The molecule has 4 fully saturated rings. The predicted octanol–water partition coefficient (Wildman–Crippen LogP) is 21.0. The minimum Gasteiger partial charge on any atom is -0.354 e. The van der Waals surface area contributed by atoms with Crippen LogP contribution < -0.4 is 0 Å². The molecule has 6 aliphatic rings. The lowest BCUT2D eigenvalue weighted by molar-refractivity contribution is 1.29. The fourth-order valence-electron chi connectivity index (χ4n) is 13.5. The maximum atomic E-state index is 5.76. The van der Waals surface area contributed by atoms with E-state index in [9.17, 15) is 0 Å². The lowest BCUT2D eigenvalue weighted by Crippen LogP contribution is -1.95. The number of hydrogen-bond acceptors (Lipinski definition) is 2. The average molecular weight is 1170 g/mol. The van der Waals surface area contributed by atoms with Crippen molar-refractivity contribution in [3.63, 3.8) is 0 Å². The standard InChI is InChI=1S/C88H58N4/c1-2-15-57(14-1)61-32-34-62(35-33-61)72-27-12-30-75(55-72)87-81-48-46-79(90-81)85(65-40-36-63(37-41-65)70-25-9-22-67(52-70)58-16-3-4-17-58)77-44-45-78(89-77)86(66-42-38-64(39-43-66)71-26-10-23-68(53-71)59-18-5-6-19-59)80-47-49-82(91-80)88(84-51-50-83(87)92-84)76-31-13-29-74(56-76)73-28-11-24-69(54-73)60-20-7-8-21-60/h1-56,90-91H. The van der Waals surface area contributed by atoms with Crippen molar-refractivity contribution < 1.29 is 0 Å². The molecule has 8 aromatic carbocycles. The zero-order valence-corrected chi connectivity index (χ0v) is 50.2. The monoisotopic (exact) mass is 1170 g/mol. The summed E-state index contributed by atoms with van der Waals surface area (Å²) in [7, 11) is 0. The summed E-state index contributed by atoms with van der Waals surface area (Å²) in [4.78, 5) is 19.6. The predicted molar refractivity (Wildman–Crippen MR) is 381 cm³/mol. The van der Waals surface area contributed by atoms with Gasteiger partial charge in [0.2, 0.25) is 0 Å². The van der Waals surface area contributed by atoms with E-state index < -0.39 is 0 Å². The Balaban J connectivity index is 0.883.